The van der Waals surface area contributed by atoms with Crippen LogP contribution in [0.3, 0.4) is 0 Å². The molecule has 4 atom stereocenters. The highest BCUT2D eigenvalue weighted by molar-refractivity contribution is 5.74. The van der Waals surface area contributed by atoms with Gasteiger partial charge >= 0.3 is 0 Å². The summed E-state index contributed by atoms with van der Waals surface area (Å²) >= 11 is 0. The van der Waals surface area contributed by atoms with Gasteiger partial charge in [0, 0.05) is 0 Å². The molecular formula is C32H40. The van der Waals surface area contributed by atoms with Crippen molar-refractivity contribution in [3.05, 3.63) is 95.6 Å². The summed E-state index contributed by atoms with van der Waals surface area (Å²) in [4.78, 5) is 0. The maximum Gasteiger partial charge on any atom is -0.0141 e. The quantitative estimate of drug-likeness (QED) is 0.351. The molecule has 0 bridgehead atoms. The number of hydrogen-bond donors (Lipinski definition) is 0. The Balaban J connectivity index is 1.87. The fourth-order valence-electron chi connectivity index (χ4n) is 5.04. The van der Waals surface area contributed by atoms with Crippen molar-refractivity contribution in [1.29, 1.82) is 0 Å². The molecule has 2 aromatic carbocycles. The van der Waals surface area contributed by atoms with Gasteiger partial charge in [0.2, 0.25) is 0 Å². The van der Waals surface area contributed by atoms with Crippen LogP contribution in [0, 0.1) is 24.7 Å². The van der Waals surface area contributed by atoms with E-state index in [1.54, 1.807) is 0 Å². The summed E-state index contributed by atoms with van der Waals surface area (Å²) in [6.07, 6.45) is 9.68. The van der Waals surface area contributed by atoms with Gasteiger partial charge in [-0.1, -0.05) is 100 Å². The van der Waals surface area contributed by atoms with Crippen LogP contribution in [0.15, 0.2) is 73.4 Å². The van der Waals surface area contributed by atoms with Gasteiger partial charge in [-0.05, 0) is 96.2 Å². The van der Waals surface area contributed by atoms with E-state index in [0.29, 0.717) is 17.8 Å². The second-order valence-electron chi connectivity index (χ2n) is 10.1. The maximum atomic E-state index is 4.28. The molecule has 0 nitrogen and oxygen atoms in total. The van der Waals surface area contributed by atoms with Crippen LogP contribution < -0.4 is 0 Å². The van der Waals surface area contributed by atoms with Crippen molar-refractivity contribution >= 4 is 12.2 Å². The van der Waals surface area contributed by atoms with Crippen molar-refractivity contribution in [3.8, 4) is 11.1 Å². The molecule has 0 spiro atoms. The zero-order valence-corrected chi connectivity index (χ0v) is 20.7. The van der Waals surface area contributed by atoms with Gasteiger partial charge in [0.1, 0.15) is 0 Å². The predicted molar refractivity (Wildman–Crippen MR) is 144 cm³/mol. The number of benzene rings is 2. The van der Waals surface area contributed by atoms with E-state index in [2.05, 4.69) is 103 Å². The molecule has 32 heavy (non-hydrogen) atoms. The van der Waals surface area contributed by atoms with Crippen LogP contribution >= 0.6 is 0 Å². The Morgan fingerprint density at radius 3 is 2.41 bits per heavy atom. The molecule has 4 unspecified atom stereocenters. The normalized spacial score (nSPS) is 20.1. The Bertz CT molecular complexity index is 1030. The molecule has 0 heteroatoms. The van der Waals surface area contributed by atoms with E-state index in [9.17, 15) is 0 Å². The molecule has 3 rings (SSSR count). The van der Waals surface area contributed by atoms with Crippen LogP contribution in [0.25, 0.3) is 23.3 Å². The van der Waals surface area contributed by atoms with Crippen molar-refractivity contribution in [2.24, 2.45) is 17.8 Å². The average Bonchev–Trinajstić information content (AvgIpc) is 2.77. The van der Waals surface area contributed by atoms with Crippen LogP contribution in [0.4, 0.5) is 0 Å². The highest BCUT2D eigenvalue weighted by Crippen LogP contribution is 2.45. The molecule has 0 aromatic heterocycles. The van der Waals surface area contributed by atoms with E-state index in [1.165, 1.54) is 51.8 Å². The SMILES string of the molecule is C=Cc1ccc(-c2ccc(C)c(C(C)C(C)CC3C(=C)CC3C)c2)cc1/C=C\CC(=C)C. The largest absolute Gasteiger partial charge is 0.0998 e. The molecule has 0 radical (unpaired) electrons. The molecule has 168 valence electrons. The van der Waals surface area contributed by atoms with Gasteiger partial charge in [0.15, 0.2) is 0 Å². The Labute approximate surface area is 196 Å². The van der Waals surface area contributed by atoms with Gasteiger partial charge in [-0.2, -0.15) is 0 Å². The molecule has 0 saturated heterocycles. The zero-order valence-electron chi connectivity index (χ0n) is 20.7. The van der Waals surface area contributed by atoms with Gasteiger partial charge in [-0.25, -0.2) is 0 Å². The first-order chi connectivity index (χ1) is 15.2. The van der Waals surface area contributed by atoms with Crippen molar-refractivity contribution in [3.63, 3.8) is 0 Å². The van der Waals surface area contributed by atoms with Crippen molar-refractivity contribution in [2.45, 2.75) is 59.8 Å². The summed E-state index contributed by atoms with van der Waals surface area (Å²) < 4.78 is 0. The van der Waals surface area contributed by atoms with E-state index in [-0.39, 0.29) is 0 Å². The molecule has 2 aromatic rings. The summed E-state index contributed by atoms with van der Waals surface area (Å²) in [7, 11) is 0. The van der Waals surface area contributed by atoms with Crippen LogP contribution in [-0.2, 0) is 0 Å². The van der Waals surface area contributed by atoms with Crippen LogP contribution in [-0.4, -0.2) is 0 Å². The van der Waals surface area contributed by atoms with Gasteiger partial charge in [-0.3, -0.25) is 0 Å². The minimum absolute atomic E-state index is 0.526. The third kappa shape index (κ3) is 5.41. The zero-order chi connectivity index (χ0) is 23.4. The van der Waals surface area contributed by atoms with E-state index in [0.717, 1.165) is 17.9 Å². The lowest BCUT2D eigenvalue weighted by Gasteiger charge is -2.39. The third-order valence-corrected chi connectivity index (χ3v) is 7.45. The number of allylic oxidation sites excluding steroid dienone is 3. The Kier molecular flexibility index (Phi) is 7.77. The molecule has 0 heterocycles. The lowest BCUT2D eigenvalue weighted by molar-refractivity contribution is 0.237. The lowest BCUT2D eigenvalue weighted by Crippen LogP contribution is -2.28. The molecule has 0 N–H and O–H groups in total. The van der Waals surface area contributed by atoms with Gasteiger partial charge in [-0.15, -0.1) is 0 Å². The fraction of sp³-hybridized carbons (Fsp3) is 0.375. The van der Waals surface area contributed by atoms with Crippen molar-refractivity contribution in [2.75, 3.05) is 0 Å². The second-order valence-corrected chi connectivity index (χ2v) is 10.1. The molecule has 1 saturated carbocycles. The first-order valence-corrected chi connectivity index (χ1v) is 12.1. The molecule has 1 aliphatic rings. The smallest absolute Gasteiger partial charge is 0.0141 e. The van der Waals surface area contributed by atoms with E-state index in [1.807, 2.05) is 6.08 Å². The fourth-order valence-corrected chi connectivity index (χ4v) is 5.04. The first kappa shape index (κ1) is 24.1. The van der Waals surface area contributed by atoms with E-state index < -0.39 is 0 Å². The minimum Gasteiger partial charge on any atom is -0.0998 e. The monoisotopic (exact) mass is 424 g/mol. The molecule has 1 fully saturated rings. The van der Waals surface area contributed by atoms with Crippen molar-refractivity contribution in [1.82, 2.24) is 0 Å². The summed E-state index contributed by atoms with van der Waals surface area (Å²) in [6.45, 7) is 23.8. The molecular weight excluding hydrogens is 384 g/mol. The minimum atomic E-state index is 0.526. The Hall–Kier alpha value is -2.60. The van der Waals surface area contributed by atoms with Gasteiger partial charge < -0.3 is 0 Å². The summed E-state index contributed by atoms with van der Waals surface area (Å²) in [6, 6.07) is 13.6. The van der Waals surface area contributed by atoms with Crippen LogP contribution in [0.5, 0.6) is 0 Å². The van der Waals surface area contributed by atoms with Crippen molar-refractivity contribution < 1.29 is 0 Å². The summed E-state index contributed by atoms with van der Waals surface area (Å²) in [5, 5.41) is 0. The van der Waals surface area contributed by atoms with Crippen LogP contribution in [0.1, 0.15) is 75.1 Å². The number of aryl methyl sites for hydroxylation is 1. The molecule has 1 aliphatic carbocycles. The van der Waals surface area contributed by atoms with Gasteiger partial charge in [0.25, 0.3) is 0 Å². The Morgan fingerprint density at radius 2 is 1.78 bits per heavy atom. The van der Waals surface area contributed by atoms with Crippen LogP contribution in [0.2, 0.25) is 0 Å². The molecule has 0 aliphatic heterocycles. The standard InChI is InChI=1S/C32H40/c1-9-27-15-16-29(19-28(27)12-10-11-21(2)3)30-14-13-22(4)32(20-30)26(8)23(5)18-31-24(6)17-25(31)7/h9-10,12-16,19-20,23,25-26,31H,1-2,6,11,17-18H2,3-5,7-8H3/b12-10-. The first-order valence-electron chi connectivity index (χ1n) is 12.1. The maximum absolute atomic E-state index is 4.28. The summed E-state index contributed by atoms with van der Waals surface area (Å²) in [5.41, 5.74) is 10.4. The molecule has 0 amide bonds. The number of rotatable bonds is 9. The van der Waals surface area contributed by atoms with Gasteiger partial charge in [0.05, 0.1) is 0 Å². The Morgan fingerprint density at radius 1 is 1.09 bits per heavy atom. The second kappa shape index (κ2) is 10.3. The number of hydrogen-bond acceptors (Lipinski definition) is 0. The predicted octanol–water partition coefficient (Wildman–Crippen LogP) is 9.63. The average molecular weight is 425 g/mol. The van der Waals surface area contributed by atoms with E-state index >= 15 is 0 Å². The third-order valence-electron chi connectivity index (χ3n) is 7.45. The highest BCUT2D eigenvalue weighted by atomic mass is 14.4. The summed E-state index contributed by atoms with van der Waals surface area (Å²) in [5.74, 6) is 2.66. The van der Waals surface area contributed by atoms with E-state index in [4.69, 9.17) is 0 Å². The topological polar surface area (TPSA) is 0 Å². The lowest BCUT2D eigenvalue weighted by atomic mass is 9.66. The highest BCUT2D eigenvalue weighted by Gasteiger charge is 2.33.